The fourth-order valence-electron chi connectivity index (χ4n) is 3.65. The Bertz CT molecular complexity index is 682. The number of hydrogen-bond donors (Lipinski definition) is 2. The lowest BCUT2D eigenvalue weighted by atomic mass is 9.53. The van der Waals surface area contributed by atoms with Crippen molar-refractivity contribution in [3.05, 3.63) is 15.3 Å². The van der Waals surface area contributed by atoms with Gasteiger partial charge in [-0.2, -0.15) is 0 Å². The minimum Gasteiger partial charge on any atom is -0.489 e. The number of carbonyl (C=O) groups is 2. The maximum atomic E-state index is 11.8. The van der Waals surface area contributed by atoms with Crippen LogP contribution in [0.2, 0.25) is 4.34 Å². The van der Waals surface area contributed by atoms with Crippen LogP contribution in [0.5, 0.6) is 5.75 Å². The SMILES string of the molecule is CC(C)(C)OC(=O)NC1CC2(C1)CC(Oc1cc(Cl)sc1C(=O)O)C2. The summed E-state index contributed by atoms with van der Waals surface area (Å²) in [6, 6.07) is 1.70. The summed E-state index contributed by atoms with van der Waals surface area (Å²) in [5, 5.41) is 12.1. The molecule has 1 amide bonds. The van der Waals surface area contributed by atoms with Gasteiger partial charge in [0.15, 0.2) is 4.88 Å². The van der Waals surface area contributed by atoms with Crippen molar-refractivity contribution in [3.63, 3.8) is 0 Å². The van der Waals surface area contributed by atoms with E-state index in [4.69, 9.17) is 26.2 Å². The van der Waals surface area contributed by atoms with Gasteiger partial charge in [-0.3, -0.25) is 0 Å². The zero-order chi connectivity index (χ0) is 18.4. The van der Waals surface area contributed by atoms with Crippen LogP contribution in [0.25, 0.3) is 0 Å². The number of carboxylic acid groups (broad SMARTS) is 1. The Morgan fingerprint density at radius 1 is 1.32 bits per heavy atom. The third-order valence-corrected chi connectivity index (χ3v) is 5.79. The highest BCUT2D eigenvalue weighted by atomic mass is 35.5. The topological polar surface area (TPSA) is 84.9 Å². The minimum atomic E-state index is -1.02. The lowest BCUT2D eigenvalue weighted by Gasteiger charge is -2.57. The fourth-order valence-corrected chi connectivity index (χ4v) is 4.63. The first-order valence-electron chi connectivity index (χ1n) is 8.24. The van der Waals surface area contributed by atoms with Crippen LogP contribution in [0.15, 0.2) is 6.07 Å². The van der Waals surface area contributed by atoms with Gasteiger partial charge in [0, 0.05) is 12.1 Å². The van der Waals surface area contributed by atoms with E-state index in [-0.39, 0.29) is 28.5 Å². The Morgan fingerprint density at radius 3 is 2.52 bits per heavy atom. The Kier molecular flexibility index (Phi) is 4.66. The molecule has 2 aliphatic carbocycles. The molecular formula is C17H22ClNO5S. The monoisotopic (exact) mass is 387 g/mol. The summed E-state index contributed by atoms with van der Waals surface area (Å²) >= 11 is 6.89. The smallest absolute Gasteiger partial charge is 0.407 e. The van der Waals surface area contributed by atoms with Crippen molar-refractivity contribution in [2.24, 2.45) is 5.41 Å². The second kappa shape index (κ2) is 6.36. The zero-order valence-corrected chi connectivity index (χ0v) is 16.0. The van der Waals surface area contributed by atoms with Crippen LogP contribution in [0.3, 0.4) is 0 Å². The zero-order valence-electron chi connectivity index (χ0n) is 14.4. The first-order chi connectivity index (χ1) is 11.6. The summed E-state index contributed by atoms with van der Waals surface area (Å²) in [5.74, 6) is -0.670. The highest BCUT2D eigenvalue weighted by Crippen LogP contribution is 2.57. The predicted octanol–water partition coefficient (Wildman–Crippen LogP) is 4.31. The van der Waals surface area contributed by atoms with Gasteiger partial charge >= 0.3 is 12.1 Å². The van der Waals surface area contributed by atoms with E-state index >= 15 is 0 Å². The van der Waals surface area contributed by atoms with Crippen LogP contribution in [-0.2, 0) is 4.74 Å². The van der Waals surface area contributed by atoms with Crippen molar-refractivity contribution >= 4 is 35.0 Å². The molecule has 6 nitrogen and oxygen atoms in total. The van der Waals surface area contributed by atoms with E-state index in [1.807, 2.05) is 20.8 Å². The van der Waals surface area contributed by atoms with E-state index in [1.54, 1.807) is 6.07 Å². The molecule has 1 aromatic rings. The van der Waals surface area contributed by atoms with Gasteiger partial charge in [0.2, 0.25) is 0 Å². The number of rotatable bonds is 4. The third kappa shape index (κ3) is 4.20. The number of thiophene rings is 1. The van der Waals surface area contributed by atoms with Crippen LogP contribution in [-0.4, -0.2) is 34.9 Å². The molecule has 0 saturated heterocycles. The van der Waals surface area contributed by atoms with Crippen LogP contribution in [0.1, 0.15) is 56.1 Å². The van der Waals surface area contributed by atoms with Crippen LogP contribution < -0.4 is 10.1 Å². The van der Waals surface area contributed by atoms with E-state index in [9.17, 15) is 9.59 Å². The Labute approximate surface area is 155 Å². The van der Waals surface area contributed by atoms with Crippen molar-refractivity contribution in [2.45, 2.75) is 64.2 Å². The molecule has 0 bridgehead atoms. The number of halogens is 1. The minimum absolute atomic E-state index is 0.00578. The largest absolute Gasteiger partial charge is 0.489 e. The Balaban J connectivity index is 1.44. The predicted molar refractivity (Wildman–Crippen MR) is 94.8 cm³/mol. The number of aromatic carboxylic acids is 1. The van der Waals surface area contributed by atoms with Gasteiger partial charge < -0.3 is 19.9 Å². The van der Waals surface area contributed by atoms with Crippen molar-refractivity contribution in [2.75, 3.05) is 0 Å². The number of hydrogen-bond acceptors (Lipinski definition) is 5. The fraction of sp³-hybridized carbons (Fsp3) is 0.647. The van der Waals surface area contributed by atoms with Crippen molar-refractivity contribution in [3.8, 4) is 5.75 Å². The summed E-state index contributed by atoms with van der Waals surface area (Å²) in [5.41, 5.74) is -0.294. The molecular weight excluding hydrogens is 366 g/mol. The van der Waals surface area contributed by atoms with E-state index in [0.29, 0.717) is 10.1 Å². The first-order valence-corrected chi connectivity index (χ1v) is 9.43. The molecule has 1 heterocycles. The molecule has 0 atom stereocenters. The van der Waals surface area contributed by atoms with E-state index in [2.05, 4.69) is 5.32 Å². The van der Waals surface area contributed by atoms with Crippen LogP contribution in [0.4, 0.5) is 4.79 Å². The van der Waals surface area contributed by atoms with Crippen LogP contribution in [0, 0.1) is 5.41 Å². The molecule has 8 heteroatoms. The van der Waals surface area contributed by atoms with Crippen LogP contribution >= 0.6 is 22.9 Å². The van der Waals surface area contributed by atoms with Crippen molar-refractivity contribution in [1.29, 1.82) is 0 Å². The molecule has 138 valence electrons. The van der Waals surface area contributed by atoms with E-state index in [1.165, 1.54) is 0 Å². The molecule has 25 heavy (non-hydrogen) atoms. The van der Waals surface area contributed by atoms with Gasteiger partial charge in [0.1, 0.15) is 11.4 Å². The second-order valence-electron chi connectivity index (χ2n) is 7.95. The van der Waals surface area contributed by atoms with Gasteiger partial charge in [0.25, 0.3) is 0 Å². The molecule has 2 fully saturated rings. The quantitative estimate of drug-likeness (QED) is 0.803. The summed E-state index contributed by atoms with van der Waals surface area (Å²) < 4.78 is 11.5. The number of carbonyl (C=O) groups excluding carboxylic acids is 1. The maximum Gasteiger partial charge on any atom is 0.407 e. The van der Waals surface area contributed by atoms with Gasteiger partial charge in [-0.05, 0) is 51.9 Å². The molecule has 1 spiro atoms. The first kappa shape index (κ1) is 18.3. The lowest BCUT2D eigenvalue weighted by Crippen LogP contribution is -2.59. The lowest BCUT2D eigenvalue weighted by molar-refractivity contribution is -0.0853. The summed E-state index contributed by atoms with van der Waals surface area (Å²) in [6.07, 6.45) is 3.17. The summed E-state index contributed by atoms with van der Waals surface area (Å²) in [7, 11) is 0. The second-order valence-corrected chi connectivity index (χ2v) is 9.63. The molecule has 3 rings (SSSR count). The molecule has 0 radical (unpaired) electrons. The van der Waals surface area contributed by atoms with Gasteiger partial charge in [-0.1, -0.05) is 11.6 Å². The van der Waals surface area contributed by atoms with Crippen molar-refractivity contribution in [1.82, 2.24) is 5.32 Å². The maximum absolute atomic E-state index is 11.8. The number of nitrogens with one attached hydrogen (secondary N) is 1. The Hall–Kier alpha value is -1.47. The Morgan fingerprint density at radius 2 is 1.96 bits per heavy atom. The molecule has 2 aliphatic rings. The molecule has 2 N–H and O–H groups in total. The normalized spacial score (nSPS) is 28.0. The highest BCUT2D eigenvalue weighted by Gasteiger charge is 2.54. The highest BCUT2D eigenvalue weighted by molar-refractivity contribution is 7.18. The third-order valence-electron chi connectivity index (χ3n) is 4.56. The summed E-state index contributed by atoms with van der Waals surface area (Å²) in [4.78, 5) is 23.1. The average molecular weight is 388 g/mol. The van der Waals surface area contributed by atoms with Crippen molar-refractivity contribution < 1.29 is 24.2 Å². The summed E-state index contributed by atoms with van der Waals surface area (Å²) in [6.45, 7) is 5.51. The molecule has 1 aromatic heterocycles. The van der Waals surface area contributed by atoms with Gasteiger partial charge in [-0.25, -0.2) is 9.59 Å². The molecule has 2 saturated carbocycles. The van der Waals surface area contributed by atoms with E-state index < -0.39 is 11.6 Å². The van der Waals surface area contributed by atoms with Gasteiger partial charge in [0.05, 0.1) is 10.4 Å². The molecule has 0 unspecified atom stereocenters. The number of ether oxygens (including phenoxy) is 2. The average Bonchev–Trinajstić information content (AvgIpc) is 2.72. The molecule has 0 aromatic carbocycles. The standard InChI is InChI=1S/C17H22ClNO5S/c1-16(2,3)24-15(22)19-9-5-17(6-9)7-10(8-17)23-11-4-12(18)25-13(11)14(20)21/h4,9-10H,5-8H2,1-3H3,(H,19,22)(H,20,21). The number of amides is 1. The van der Waals surface area contributed by atoms with Gasteiger partial charge in [-0.15, -0.1) is 11.3 Å². The number of carboxylic acids is 1. The molecule has 0 aliphatic heterocycles. The number of alkyl carbamates (subject to hydrolysis) is 1. The van der Waals surface area contributed by atoms with E-state index in [0.717, 1.165) is 37.0 Å².